The maximum atomic E-state index is 4.53. The van der Waals surface area contributed by atoms with Crippen molar-refractivity contribution in [1.29, 1.82) is 0 Å². The average molecular weight is 68.4 g/mol. The zero-order valence-electron chi connectivity index (χ0n) is 3.46. The standard InChI is InChI=1S/C2HCl.Li.H/c1-2-3;;/h1H;;/q;+1;-1. The van der Waals surface area contributed by atoms with Gasteiger partial charge in [-0.15, -0.1) is 6.42 Å². The molecular weight excluding hydrogens is 66.4 g/mol. The van der Waals surface area contributed by atoms with Crippen molar-refractivity contribution in [2.45, 2.75) is 0 Å². The van der Waals surface area contributed by atoms with Crippen LogP contribution in [0.2, 0.25) is 0 Å². The van der Waals surface area contributed by atoms with E-state index in [9.17, 15) is 0 Å². The molecule has 0 rings (SSSR count). The normalized spacial score (nSPS) is 2.00. The van der Waals surface area contributed by atoms with Gasteiger partial charge in [0, 0.05) is 5.38 Å². The van der Waals surface area contributed by atoms with Gasteiger partial charge in [0.05, 0.1) is 0 Å². The Labute approximate surface area is 44.2 Å². The molecule has 0 fully saturated rings. The van der Waals surface area contributed by atoms with Crippen molar-refractivity contribution < 1.29 is 20.3 Å². The molecule has 0 aliphatic heterocycles. The first-order chi connectivity index (χ1) is 1.41. The number of terminal acetylenes is 1. The van der Waals surface area contributed by atoms with Crippen molar-refractivity contribution in [2.75, 3.05) is 0 Å². The molecule has 0 aromatic rings. The third-order valence-corrected chi connectivity index (χ3v) is 0. The summed E-state index contributed by atoms with van der Waals surface area (Å²) in [4.78, 5) is 0. The van der Waals surface area contributed by atoms with Crippen LogP contribution in [0.1, 0.15) is 1.43 Å². The predicted octanol–water partition coefficient (Wildman–Crippen LogP) is -2.07. The second-order valence-electron chi connectivity index (χ2n) is 0.109. The maximum absolute atomic E-state index is 4.53. The molecule has 0 heterocycles. The Morgan fingerprint density at radius 3 is 2.00 bits per heavy atom. The van der Waals surface area contributed by atoms with E-state index in [0.717, 1.165) is 0 Å². The maximum Gasteiger partial charge on any atom is 1.00 e. The summed E-state index contributed by atoms with van der Waals surface area (Å²) < 4.78 is 0. The van der Waals surface area contributed by atoms with Gasteiger partial charge >= 0.3 is 18.9 Å². The van der Waals surface area contributed by atoms with E-state index >= 15 is 0 Å². The van der Waals surface area contributed by atoms with Gasteiger partial charge < -0.3 is 1.43 Å². The monoisotopic (exact) mass is 68.0 g/mol. The Bertz CT molecular complexity index is 31.1. The summed E-state index contributed by atoms with van der Waals surface area (Å²) in [7, 11) is 0. The molecule has 0 saturated carbocycles. The molecule has 0 saturated heterocycles. The Balaban J connectivity index is -0.0000000200. The van der Waals surface area contributed by atoms with Crippen molar-refractivity contribution >= 4 is 11.6 Å². The number of rotatable bonds is 0. The fourth-order valence-electron chi connectivity index (χ4n) is 0. The van der Waals surface area contributed by atoms with Gasteiger partial charge in [-0.2, -0.15) is 0 Å². The minimum absolute atomic E-state index is 0. The minimum Gasteiger partial charge on any atom is -1.00 e. The smallest absolute Gasteiger partial charge is 1.00 e. The van der Waals surface area contributed by atoms with Crippen molar-refractivity contribution in [3.63, 3.8) is 0 Å². The molecule has 0 unspecified atom stereocenters. The average Bonchev–Trinajstić information content (AvgIpc) is 0.918. The minimum atomic E-state index is 0. The largest absolute Gasteiger partial charge is 1.00 e. The van der Waals surface area contributed by atoms with Crippen LogP contribution in [0.5, 0.6) is 0 Å². The van der Waals surface area contributed by atoms with Gasteiger partial charge in [-0.05, 0) is 11.6 Å². The van der Waals surface area contributed by atoms with Gasteiger partial charge in [-0.25, -0.2) is 0 Å². The molecule has 18 valence electrons. The number of hydrogen-bond donors (Lipinski definition) is 0. The molecule has 0 amide bonds. The molecule has 0 spiro atoms. The SMILES string of the molecule is C#CCl.[H-].[Li+]. The summed E-state index contributed by atoms with van der Waals surface area (Å²) >= 11 is 4.53. The van der Waals surface area contributed by atoms with Crippen LogP contribution >= 0.6 is 11.6 Å². The molecule has 0 bridgehead atoms. The zero-order chi connectivity index (χ0) is 2.71. The van der Waals surface area contributed by atoms with E-state index in [1.54, 1.807) is 5.38 Å². The van der Waals surface area contributed by atoms with E-state index in [0.29, 0.717) is 0 Å². The van der Waals surface area contributed by atoms with Gasteiger partial charge in [-0.3, -0.25) is 0 Å². The molecule has 0 aliphatic rings. The molecule has 2 heteroatoms. The van der Waals surface area contributed by atoms with E-state index in [-0.39, 0.29) is 20.3 Å². The molecule has 0 N–H and O–H groups in total. The molecule has 0 nitrogen and oxygen atoms in total. The summed E-state index contributed by atoms with van der Waals surface area (Å²) in [5.74, 6) is 0. The zero-order valence-corrected chi connectivity index (χ0v) is 3.21. The summed E-state index contributed by atoms with van der Waals surface area (Å²) in [6, 6.07) is 0. The second-order valence-corrected chi connectivity index (χ2v) is 0.327. The molecule has 0 aromatic heterocycles. The summed E-state index contributed by atoms with van der Waals surface area (Å²) in [6.07, 6.45) is 4.36. The van der Waals surface area contributed by atoms with Gasteiger partial charge in [0.15, 0.2) is 0 Å². The predicted molar refractivity (Wildman–Crippen MR) is 15.8 cm³/mol. The topological polar surface area (TPSA) is 0 Å². The Morgan fingerprint density at radius 2 is 2.00 bits per heavy atom. The van der Waals surface area contributed by atoms with Crippen molar-refractivity contribution in [3.05, 3.63) is 0 Å². The van der Waals surface area contributed by atoms with Gasteiger partial charge in [0.2, 0.25) is 0 Å². The fraction of sp³-hybridized carbons (Fsp3) is 0. The Morgan fingerprint density at radius 1 is 2.00 bits per heavy atom. The summed E-state index contributed by atoms with van der Waals surface area (Å²) in [5.41, 5.74) is 0. The summed E-state index contributed by atoms with van der Waals surface area (Å²) in [5, 5.41) is 1.72. The van der Waals surface area contributed by atoms with Gasteiger partial charge in [0.1, 0.15) is 0 Å². The second kappa shape index (κ2) is 9.86. The fourth-order valence-corrected chi connectivity index (χ4v) is 0. The van der Waals surface area contributed by atoms with Crippen LogP contribution in [0.4, 0.5) is 0 Å². The Kier molecular flexibility index (Phi) is 21.7. The van der Waals surface area contributed by atoms with E-state index in [4.69, 9.17) is 0 Å². The molecule has 0 aliphatic carbocycles. The summed E-state index contributed by atoms with van der Waals surface area (Å²) in [6.45, 7) is 0. The third kappa shape index (κ3) is 25.6. The van der Waals surface area contributed by atoms with Crippen LogP contribution in [0, 0.1) is 11.8 Å². The number of hydrogen-bond acceptors (Lipinski definition) is 0. The van der Waals surface area contributed by atoms with Crippen molar-refractivity contribution in [1.82, 2.24) is 0 Å². The van der Waals surface area contributed by atoms with Crippen LogP contribution in [0.25, 0.3) is 0 Å². The molecule has 0 radical (unpaired) electrons. The van der Waals surface area contributed by atoms with Crippen molar-refractivity contribution in [3.8, 4) is 11.8 Å². The van der Waals surface area contributed by atoms with Crippen LogP contribution in [0.3, 0.4) is 0 Å². The molecule has 0 aromatic carbocycles. The first kappa shape index (κ1) is 8.82. The molecular formula is C2H2ClLi. The molecule has 4 heavy (non-hydrogen) atoms. The van der Waals surface area contributed by atoms with Crippen LogP contribution in [-0.4, -0.2) is 0 Å². The van der Waals surface area contributed by atoms with E-state index in [1.807, 2.05) is 0 Å². The molecule has 0 atom stereocenters. The van der Waals surface area contributed by atoms with E-state index in [2.05, 4.69) is 18.0 Å². The Hall–Kier alpha value is 0.447. The van der Waals surface area contributed by atoms with Gasteiger partial charge in [0.25, 0.3) is 0 Å². The van der Waals surface area contributed by atoms with Crippen LogP contribution in [-0.2, 0) is 0 Å². The van der Waals surface area contributed by atoms with Crippen LogP contribution in [0.15, 0.2) is 0 Å². The van der Waals surface area contributed by atoms with Crippen LogP contribution < -0.4 is 18.9 Å². The van der Waals surface area contributed by atoms with Gasteiger partial charge in [-0.1, -0.05) is 0 Å². The van der Waals surface area contributed by atoms with E-state index < -0.39 is 0 Å². The van der Waals surface area contributed by atoms with Crippen molar-refractivity contribution in [2.24, 2.45) is 0 Å². The van der Waals surface area contributed by atoms with E-state index in [1.165, 1.54) is 0 Å². The third-order valence-electron chi connectivity index (χ3n) is 0. The number of halogens is 1. The first-order valence-corrected chi connectivity index (χ1v) is 0.856. The first-order valence-electron chi connectivity index (χ1n) is 0.478. The quantitative estimate of drug-likeness (QED) is 0.226.